The van der Waals surface area contributed by atoms with Crippen LogP contribution in [0.2, 0.25) is 5.02 Å². The molecule has 2 saturated carbocycles. The number of thioether (sulfide) groups is 1. The number of halogens is 1. The highest BCUT2D eigenvalue weighted by Gasteiger charge is 2.48. The van der Waals surface area contributed by atoms with Gasteiger partial charge in [-0.15, -0.1) is 0 Å². The van der Waals surface area contributed by atoms with E-state index in [9.17, 15) is 25.2 Å². The molecular weight excluding hydrogens is 684 g/mol. The van der Waals surface area contributed by atoms with Gasteiger partial charge in [0.2, 0.25) is 0 Å². The molecule has 2 aromatic heterocycles. The molecule has 0 radical (unpaired) electrons. The first-order valence-electron chi connectivity index (χ1n) is 16.5. The second kappa shape index (κ2) is 15.8. The van der Waals surface area contributed by atoms with Crippen LogP contribution in [-0.2, 0) is 29.7 Å². The van der Waals surface area contributed by atoms with Crippen LogP contribution >= 0.6 is 23.4 Å². The lowest BCUT2D eigenvalue weighted by atomic mass is 9.96. The molecular formula is C36H41ClN4O8S. The second-order valence-electron chi connectivity index (χ2n) is 12.7. The molecule has 2 fully saturated rings. The number of nitrogens with zero attached hydrogens (tertiary/aromatic N) is 3. The largest absolute Gasteiger partial charge is 0.490 e. The first-order valence-corrected chi connectivity index (χ1v) is 17.8. The smallest absolute Gasteiger partial charge is 0.269 e. The summed E-state index contributed by atoms with van der Waals surface area (Å²) in [5, 5.41) is 52.2. The number of aliphatic hydroxyl groups excluding tert-OH is 5. The number of imidazole rings is 1. The Morgan fingerprint density at radius 3 is 2.56 bits per heavy atom. The van der Waals surface area contributed by atoms with E-state index in [1.807, 2.05) is 48.7 Å². The lowest BCUT2D eigenvalue weighted by Crippen LogP contribution is -2.54. The summed E-state index contributed by atoms with van der Waals surface area (Å²) in [4.78, 5) is 21.8. The number of nitrogens with one attached hydrogen (secondary N) is 1. The van der Waals surface area contributed by atoms with Gasteiger partial charge < -0.3 is 44.9 Å². The average molecular weight is 725 g/mol. The van der Waals surface area contributed by atoms with E-state index in [0.717, 1.165) is 59.3 Å². The lowest BCUT2D eigenvalue weighted by Gasteiger charge is -2.28. The molecule has 2 aromatic carbocycles. The number of aliphatic hydroxyl groups is 5. The third kappa shape index (κ3) is 8.16. The van der Waals surface area contributed by atoms with Crippen molar-refractivity contribution in [3.8, 4) is 16.9 Å². The first-order chi connectivity index (χ1) is 24.1. The quantitative estimate of drug-likeness (QED) is 0.0880. The van der Waals surface area contributed by atoms with Gasteiger partial charge in [-0.1, -0.05) is 53.7 Å². The molecule has 4 unspecified atom stereocenters. The van der Waals surface area contributed by atoms with E-state index in [1.165, 1.54) is 18.0 Å². The van der Waals surface area contributed by atoms with Gasteiger partial charge in [0.25, 0.3) is 5.91 Å². The standard InChI is InChI=1S/C36H41ClN4O8S/c1-41-29(34(47)40-28(17-42)32(45)33(46)30(44)18-43)16-39-35(41)50-20-21-6-9-27(37)22(14-21)19-48-36(11-12-36)26-15-38-13-10-24(26)25-4-2-3-5-31(25)49-23-7-8-23/h2-6,9-10,13-16,23,28,30,32-33,42-46H,7-8,11-12,17-20H2,1H3,(H,40,47). The molecule has 0 saturated heterocycles. The number of carbonyl (C=O) groups is 1. The molecule has 2 heterocycles. The lowest BCUT2D eigenvalue weighted by molar-refractivity contribution is -0.0905. The van der Waals surface area contributed by atoms with E-state index in [0.29, 0.717) is 22.5 Å². The van der Waals surface area contributed by atoms with Crippen LogP contribution < -0.4 is 10.1 Å². The molecule has 14 heteroatoms. The molecule has 2 aliphatic carbocycles. The maximum absolute atomic E-state index is 13.0. The summed E-state index contributed by atoms with van der Waals surface area (Å²) in [7, 11) is 1.67. The van der Waals surface area contributed by atoms with Gasteiger partial charge >= 0.3 is 0 Å². The number of ether oxygens (including phenoxy) is 2. The summed E-state index contributed by atoms with van der Waals surface area (Å²) in [6, 6.07) is 14.6. The first kappa shape index (κ1) is 36.3. The van der Waals surface area contributed by atoms with Gasteiger partial charge in [0.15, 0.2) is 5.16 Å². The number of hydrogen-bond acceptors (Lipinski definition) is 11. The second-order valence-corrected chi connectivity index (χ2v) is 14.1. The molecule has 4 atom stereocenters. The number of rotatable bonds is 17. The van der Waals surface area contributed by atoms with Crippen molar-refractivity contribution in [2.24, 2.45) is 7.05 Å². The van der Waals surface area contributed by atoms with Crippen molar-refractivity contribution < 1.29 is 39.8 Å². The molecule has 266 valence electrons. The molecule has 0 spiro atoms. The van der Waals surface area contributed by atoms with Gasteiger partial charge in [0, 0.05) is 41.3 Å². The van der Waals surface area contributed by atoms with Gasteiger partial charge in [0.1, 0.15) is 29.8 Å². The number of hydrogen-bond donors (Lipinski definition) is 6. The minimum absolute atomic E-state index is 0.159. The summed E-state index contributed by atoms with van der Waals surface area (Å²) in [6.07, 6.45) is 4.08. The molecule has 0 bridgehead atoms. The van der Waals surface area contributed by atoms with Crippen molar-refractivity contribution in [1.29, 1.82) is 0 Å². The molecule has 6 rings (SSSR count). The number of aromatic nitrogens is 3. The highest BCUT2D eigenvalue weighted by molar-refractivity contribution is 7.98. The summed E-state index contributed by atoms with van der Waals surface area (Å²) in [5.74, 6) is 0.746. The number of pyridine rings is 1. The molecule has 4 aromatic rings. The van der Waals surface area contributed by atoms with Gasteiger partial charge in [-0.05, 0) is 60.6 Å². The molecule has 50 heavy (non-hydrogen) atoms. The summed E-state index contributed by atoms with van der Waals surface area (Å²) in [5.41, 5.74) is 4.62. The molecule has 0 aliphatic heterocycles. The number of para-hydroxylation sites is 1. The van der Waals surface area contributed by atoms with Crippen LogP contribution in [0.5, 0.6) is 5.75 Å². The zero-order valence-corrected chi connectivity index (χ0v) is 29.1. The van der Waals surface area contributed by atoms with E-state index in [2.05, 4.69) is 21.4 Å². The van der Waals surface area contributed by atoms with Crippen LogP contribution in [0, 0.1) is 0 Å². The number of benzene rings is 2. The summed E-state index contributed by atoms with van der Waals surface area (Å²) >= 11 is 8.05. The van der Waals surface area contributed by atoms with E-state index in [-0.39, 0.29) is 11.8 Å². The summed E-state index contributed by atoms with van der Waals surface area (Å²) in [6.45, 7) is -1.20. The monoisotopic (exact) mass is 724 g/mol. The third-order valence-electron chi connectivity index (χ3n) is 9.03. The third-order valence-corrected chi connectivity index (χ3v) is 10.5. The predicted molar refractivity (Wildman–Crippen MR) is 187 cm³/mol. The van der Waals surface area contributed by atoms with Crippen LogP contribution in [0.3, 0.4) is 0 Å². The Kier molecular flexibility index (Phi) is 11.5. The van der Waals surface area contributed by atoms with Crippen molar-refractivity contribution in [3.63, 3.8) is 0 Å². The van der Waals surface area contributed by atoms with E-state index in [1.54, 1.807) is 17.8 Å². The van der Waals surface area contributed by atoms with Gasteiger partial charge in [-0.3, -0.25) is 9.78 Å². The van der Waals surface area contributed by atoms with Crippen molar-refractivity contribution in [2.45, 2.75) is 79.3 Å². The predicted octanol–water partition coefficient (Wildman–Crippen LogP) is 3.34. The Bertz CT molecular complexity index is 1800. The Labute approximate surface area is 299 Å². The minimum Gasteiger partial charge on any atom is -0.490 e. The Morgan fingerprint density at radius 2 is 1.84 bits per heavy atom. The van der Waals surface area contributed by atoms with Gasteiger partial charge in [-0.2, -0.15) is 0 Å². The van der Waals surface area contributed by atoms with Crippen LogP contribution in [0.25, 0.3) is 11.1 Å². The van der Waals surface area contributed by atoms with Crippen molar-refractivity contribution in [1.82, 2.24) is 19.9 Å². The number of amides is 1. The van der Waals surface area contributed by atoms with Gasteiger partial charge in [-0.25, -0.2) is 4.98 Å². The maximum atomic E-state index is 13.0. The topological polar surface area (TPSA) is 179 Å². The van der Waals surface area contributed by atoms with Crippen LogP contribution in [-0.4, -0.2) is 89.6 Å². The molecule has 12 nitrogen and oxygen atoms in total. The van der Waals surface area contributed by atoms with E-state index < -0.39 is 49.1 Å². The van der Waals surface area contributed by atoms with Crippen molar-refractivity contribution in [3.05, 3.63) is 94.5 Å². The highest BCUT2D eigenvalue weighted by atomic mass is 35.5. The Balaban J connectivity index is 1.10. The van der Waals surface area contributed by atoms with E-state index >= 15 is 0 Å². The van der Waals surface area contributed by atoms with Crippen molar-refractivity contribution >= 4 is 29.3 Å². The number of carbonyl (C=O) groups excluding carboxylic acids is 1. The van der Waals surface area contributed by atoms with E-state index in [4.69, 9.17) is 26.2 Å². The fourth-order valence-electron chi connectivity index (χ4n) is 5.74. The van der Waals surface area contributed by atoms with Gasteiger partial charge in [0.05, 0.1) is 43.8 Å². The fraction of sp³-hybridized carbons (Fsp3) is 0.417. The maximum Gasteiger partial charge on any atom is 0.269 e. The Hall–Kier alpha value is -3.53. The summed E-state index contributed by atoms with van der Waals surface area (Å²) < 4.78 is 14.4. The zero-order chi connectivity index (χ0) is 35.4. The normalized spacial score (nSPS) is 17.5. The van der Waals surface area contributed by atoms with Crippen LogP contribution in [0.15, 0.2) is 72.3 Å². The SMILES string of the molecule is Cn1c(C(=O)NC(CO)C(O)C(O)C(O)CO)cnc1SCc1ccc(Cl)c(COC2(c3cnccc3-c3ccccc3OC3CC3)CC2)c1. The Morgan fingerprint density at radius 1 is 1.06 bits per heavy atom. The molecule has 6 N–H and O–H groups in total. The zero-order valence-electron chi connectivity index (χ0n) is 27.5. The van der Waals surface area contributed by atoms with Crippen LogP contribution in [0.4, 0.5) is 0 Å². The molecule has 1 amide bonds. The van der Waals surface area contributed by atoms with Crippen LogP contribution in [0.1, 0.15) is 52.9 Å². The molecule has 2 aliphatic rings. The highest BCUT2D eigenvalue weighted by Crippen LogP contribution is 2.53. The van der Waals surface area contributed by atoms with Crippen molar-refractivity contribution in [2.75, 3.05) is 13.2 Å². The minimum atomic E-state index is -1.78. The fourth-order valence-corrected chi connectivity index (χ4v) is 6.81. The average Bonchev–Trinajstić information content (AvgIpc) is 4.08.